The zero-order valence-corrected chi connectivity index (χ0v) is 14.9. The third-order valence-electron chi connectivity index (χ3n) is 4.12. The van der Waals surface area contributed by atoms with Crippen molar-refractivity contribution < 1.29 is 23.9 Å². The van der Waals surface area contributed by atoms with Crippen LogP contribution in [0.15, 0.2) is 18.2 Å². The molecule has 4 amide bonds. The molecule has 0 aromatic heterocycles. The second-order valence-corrected chi connectivity index (χ2v) is 6.87. The summed E-state index contributed by atoms with van der Waals surface area (Å²) in [5, 5.41) is 4.67. The lowest BCUT2D eigenvalue weighted by atomic mass is 10.1. The van der Waals surface area contributed by atoms with Crippen molar-refractivity contribution in [2.75, 3.05) is 19.8 Å². The first-order valence-electron chi connectivity index (χ1n) is 8.70. The van der Waals surface area contributed by atoms with Gasteiger partial charge in [-0.2, -0.15) is 0 Å². The summed E-state index contributed by atoms with van der Waals surface area (Å²) < 4.78 is 11.1. The van der Waals surface area contributed by atoms with E-state index in [0.717, 1.165) is 5.56 Å². The summed E-state index contributed by atoms with van der Waals surface area (Å²) in [7, 11) is 0. The summed E-state index contributed by atoms with van der Waals surface area (Å²) in [6.45, 7) is 5.91. The highest BCUT2D eigenvalue weighted by Crippen LogP contribution is 2.31. The monoisotopic (exact) mass is 361 g/mol. The molecule has 8 heteroatoms. The minimum absolute atomic E-state index is 0.0553. The number of fused-ring (bicyclic) bond motifs is 1. The lowest BCUT2D eigenvalue weighted by molar-refractivity contribution is -0.137. The van der Waals surface area contributed by atoms with E-state index in [-0.39, 0.29) is 18.2 Å². The lowest BCUT2D eigenvalue weighted by Crippen LogP contribution is -2.58. The number of urea groups is 1. The Hall–Kier alpha value is -2.77. The fourth-order valence-electron chi connectivity index (χ4n) is 3.06. The number of ether oxygens (including phenoxy) is 2. The largest absolute Gasteiger partial charge is 0.486 e. The summed E-state index contributed by atoms with van der Waals surface area (Å²) in [5.41, 5.74) is 0.898. The number of nitrogens with one attached hydrogen (secondary N) is 2. The highest BCUT2D eigenvalue weighted by Gasteiger charge is 2.32. The molecule has 1 aromatic carbocycles. The number of hydrogen-bond donors (Lipinski definition) is 2. The van der Waals surface area contributed by atoms with Gasteiger partial charge in [0.2, 0.25) is 11.8 Å². The van der Waals surface area contributed by atoms with Gasteiger partial charge < -0.3 is 19.7 Å². The molecule has 0 bridgehead atoms. The molecule has 8 nitrogen and oxygen atoms in total. The lowest BCUT2D eigenvalue weighted by Gasteiger charge is -2.31. The predicted octanol–water partition coefficient (Wildman–Crippen LogP) is 1.04. The van der Waals surface area contributed by atoms with Crippen LogP contribution in [0.2, 0.25) is 0 Å². The van der Waals surface area contributed by atoms with Crippen LogP contribution >= 0.6 is 0 Å². The molecular formula is C18H23N3O5. The molecule has 3 rings (SSSR count). The van der Waals surface area contributed by atoms with Crippen LogP contribution in [0.25, 0.3) is 0 Å². The van der Waals surface area contributed by atoms with Crippen LogP contribution in [0.4, 0.5) is 4.79 Å². The average Bonchev–Trinajstić information content (AvgIpc) is 2.59. The van der Waals surface area contributed by atoms with Gasteiger partial charge >= 0.3 is 6.03 Å². The molecule has 1 fully saturated rings. The number of benzene rings is 1. The Morgan fingerprint density at radius 1 is 1.23 bits per heavy atom. The van der Waals surface area contributed by atoms with Crippen LogP contribution < -0.4 is 20.1 Å². The first-order chi connectivity index (χ1) is 12.4. The maximum absolute atomic E-state index is 12.9. The maximum Gasteiger partial charge on any atom is 0.322 e. The molecular weight excluding hydrogens is 338 g/mol. The Morgan fingerprint density at radius 2 is 1.96 bits per heavy atom. The number of carbonyl (C=O) groups is 3. The summed E-state index contributed by atoms with van der Waals surface area (Å²) in [5.74, 6) is 0.881. The Kier molecular flexibility index (Phi) is 5.29. The van der Waals surface area contributed by atoms with E-state index in [1.807, 2.05) is 32.0 Å². The Balaban J connectivity index is 1.76. The molecule has 1 saturated heterocycles. The molecule has 140 valence electrons. The van der Waals surface area contributed by atoms with E-state index in [0.29, 0.717) is 37.8 Å². The van der Waals surface area contributed by atoms with Gasteiger partial charge in [-0.1, -0.05) is 19.9 Å². The van der Waals surface area contributed by atoms with Crippen LogP contribution in [0.5, 0.6) is 11.5 Å². The van der Waals surface area contributed by atoms with Gasteiger partial charge in [-0.15, -0.1) is 0 Å². The predicted molar refractivity (Wildman–Crippen MR) is 92.8 cm³/mol. The van der Waals surface area contributed by atoms with Gasteiger partial charge in [-0.05, 0) is 23.6 Å². The van der Waals surface area contributed by atoms with Gasteiger partial charge in [0.05, 0.1) is 6.42 Å². The minimum Gasteiger partial charge on any atom is -0.486 e. The standard InChI is InChI=1S/C18H23N3O5/c1-11(2)9-21(17(23)13-8-16(22)20-18(24)19-13)10-12-3-4-14-15(7-12)26-6-5-25-14/h3-4,7,11,13H,5-6,8-10H2,1-2H3,(H2,19,20,22,24)/t13-/m0/s1. The molecule has 2 N–H and O–H groups in total. The second kappa shape index (κ2) is 7.63. The Morgan fingerprint density at radius 3 is 2.65 bits per heavy atom. The van der Waals surface area contributed by atoms with Crippen LogP contribution in [-0.2, 0) is 16.1 Å². The van der Waals surface area contributed by atoms with Gasteiger partial charge in [-0.25, -0.2) is 4.79 Å². The van der Waals surface area contributed by atoms with Crippen molar-refractivity contribution in [2.24, 2.45) is 5.92 Å². The van der Waals surface area contributed by atoms with E-state index >= 15 is 0 Å². The molecule has 1 atom stereocenters. The quantitative estimate of drug-likeness (QED) is 0.817. The van der Waals surface area contributed by atoms with E-state index in [4.69, 9.17) is 9.47 Å². The van der Waals surface area contributed by atoms with Crippen molar-refractivity contribution in [3.8, 4) is 11.5 Å². The SMILES string of the molecule is CC(C)CN(Cc1ccc2c(c1)OCCO2)C(=O)[C@@H]1CC(=O)NC(=O)N1. The van der Waals surface area contributed by atoms with Gasteiger partial charge in [0.1, 0.15) is 19.3 Å². The van der Waals surface area contributed by atoms with Gasteiger partial charge in [0, 0.05) is 13.1 Å². The van der Waals surface area contributed by atoms with Crippen molar-refractivity contribution in [2.45, 2.75) is 32.9 Å². The smallest absolute Gasteiger partial charge is 0.322 e. The number of amides is 4. The Labute approximate surface area is 151 Å². The summed E-state index contributed by atoms with van der Waals surface area (Å²) >= 11 is 0. The normalized spacial score (nSPS) is 19.0. The van der Waals surface area contributed by atoms with E-state index in [1.165, 1.54) is 0 Å². The average molecular weight is 361 g/mol. The second-order valence-electron chi connectivity index (χ2n) is 6.87. The molecule has 0 spiro atoms. The summed E-state index contributed by atoms with van der Waals surface area (Å²) in [4.78, 5) is 37.6. The van der Waals surface area contributed by atoms with E-state index in [1.54, 1.807) is 4.90 Å². The number of carbonyl (C=O) groups excluding carboxylic acids is 3. The van der Waals surface area contributed by atoms with Crippen LogP contribution in [0.1, 0.15) is 25.8 Å². The highest BCUT2D eigenvalue weighted by atomic mass is 16.6. The van der Waals surface area contributed by atoms with Crippen molar-refractivity contribution in [1.29, 1.82) is 0 Å². The molecule has 26 heavy (non-hydrogen) atoms. The highest BCUT2D eigenvalue weighted by molar-refractivity contribution is 6.02. The van der Waals surface area contributed by atoms with Crippen molar-refractivity contribution in [3.05, 3.63) is 23.8 Å². The molecule has 2 aliphatic rings. The van der Waals surface area contributed by atoms with E-state index in [9.17, 15) is 14.4 Å². The topological polar surface area (TPSA) is 97.0 Å². The molecule has 0 aliphatic carbocycles. The first kappa shape index (κ1) is 18.0. The number of imide groups is 1. The minimum atomic E-state index is -0.841. The molecule has 2 aliphatic heterocycles. The molecule has 0 saturated carbocycles. The molecule has 0 radical (unpaired) electrons. The molecule has 0 unspecified atom stereocenters. The van der Waals surface area contributed by atoms with Crippen molar-refractivity contribution >= 4 is 17.8 Å². The Bertz CT molecular complexity index is 703. The van der Waals surface area contributed by atoms with Crippen LogP contribution in [-0.4, -0.2) is 48.5 Å². The maximum atomic E-state index is 12.9. The van der Waals surface area contributed by atoms with Crippen LogP contribution in [0.3, 0.4) is 0 Å². The van der Waals surface area contributed by atoms with Gasteiger partial charge in [0.15, 0.2) is 11.5 Å². The first-order valence-corrected chi connectivity index (χ1v) is 8.70. The van der Waals surface area contributed by atoms with E-state index < -0.39 is 18.0 Å². The zero-order chi connectivity index (χ0) is 18.7. The summed E-state index contributed by atoms with van der Waals surface area (Å²) in [6.07, 6.45) is -0.0553. The fraction of sp³-hybridized carbons (Fsp3) is 0.500. The number of hydrogen-bond acceptors (Lipinski definition) is 5. The third kappa shape index (κ3) is 4.25. The van der Waals surface area contributed by atoms with Crippen molar-refractivity contribution in [1.82, 2.24) is 15.5 Å². The zero-order valence-electron chi connectivity index (χ0n) is 14.9. The number of nitrogens with zero attached hydrogens (tertiary/aromatic N) is 1. The third-order valence-corrected chi connectivity index (χ3v) is 4.12. The van der Waals surface area contributed by atoms with Crippen LogP contribution in [0, 0.1) is 5.92 Å². The number of rotatable bonds is 5. The fourth-order valence-corrected chi connectivity index (χ4v) is 3.06. The van der Waals surface area contributed by atoms with Crippen molar-refractivity contribution in [3.63, 3.8) is 0 Å². The van der Waals surface area contributed by atoms with Gasteiger partial charge in [0.25, 0.3) is 0 Å². The molecule has 1 aromatic rings. The summed E-state index contributed by atoms with van der Waals surface area (Å²) in [6, 6.07) is 4.11. The van der Waals surface area contributed by atoms with Gasteiger partial charge in [-0.3, -0.25) is 14.9 Å². The van der Waals surface area contributed by atoms with E-state index in [2.05, 4.69) is 10.6 Å². The molecule has 2 heterocycles.